The zero-order valence-corrected chi connectivity index (χ0v) is 21.0. The molecule has 3 rings (SSSR count). The Bertz CT molecular complexity index is 1400. The first-order chi connectivity index (χ1) is 17.8. The van der Waals surface area contributed by atoms with Crippen LogP contribution in [-0.4, -0.2) is 47.2 Å². The van der Waals surface area contributed by atoms with Crippen molar-refractivity contribution in [2.75, 3.05) is 36.5 Å². The first-order valence-corrected chi connectivity index (χ1v) is 12.6. The highest BCUT2D eigenvalue weighted by Gasteiger charge is 2.25. The first-order valence-electron chi connectivity index (χ1n) is 11.1. The molecule has 0 unspecified atom stereocenters. The number of nitrogens with zero attached hydrogens (tertiary/aromatic N) is 2. The Kier molecular flexibility index (Phi) is 9.07. The van der Waals surface area contributed by atoms with E-state index in [9.17, 15) is 18.0 Å². The molecule has 0 saturated carbocycles. The number of ether oxygens (including phenoxy) is 3. The Morgan fingerprint density at radius 3 is 2.35 bits per heavy atom. The smallest absolute Gasteiger partial charge is 0.344 e. The topological polar surface area (TPSA) is 135 Å². The van der Waals surface area contributed by atoms with Gasteiger partial charge in [0.15, 0.2) is 13.2 Å². The van der Waals surface area contributed by atoms with Crippen LogP contribution in [0.5, 0.6) is 11.5 Å². The molecule has 0 radical (unpaired) electrons. The molecule has 37 heavy (non-hydrogen) atoms. The van der Waals surface area contributed by atoms with Crippen molar-refractivity contribution in [2.45, 2.75) is 11.8 Å². The molecule has 0 fully saturated rings. The zero-order valence-electron chi connectivity index (χ0n) is 20.2. The Balaban J connectivity index is 1.67. The predicted molar refractivity (Wildman–Crippen MR) is 136 cm³/mol. The van der Waals surface area contributed by atoms with E-state index < -0.39 is 35.1 Å². The van der Waals surface area contributed by atoms with Gasteiger partial charge in [-0.25, -0.2) is 13.2 Å². The van der Waals surface area contributed by atoms with E-state index in [1.807, 2.05) is 6.07 Å². The Labute approximate surface area is 215 Å². The summed E-state index contributed by atoms with van der Waals surface area (Å²) in [4.78, 5) is 24.4. The third-order valence-electron chi connectivity index (χ3n) is 5.08. The third kappa shape index (κ3) is 6.77. The number of amides is 1. The molecule has 0 saturated heterocycles. The molecule has 0 spiro atoms. The Morgan fingerprint density at radius 2 is 1.68 bits per heavy atom. The van der Waals surface area contributed by atoms with Crippen molar-refractivity contribution >= 4 is 33.3 Å². The molecular weight excluding hydrogens is 498 g/mol. The molecule has 0 bridgehead atoms. The van der Waals surface area contributed by atoms with Crippen LogP contribution >= 0.6 is 0 Å². The van der Waals surface area contributed by atoms with Gasteiger partial charge in [-0.2, -0.15) is 5.26 Å². The van der Waals surface area contributed by atoms with E-state index in [1.165, 1.54) is 41.7 Å². The van der Waals surface area contributed by atoms with E-state index in [0.29, 0.717) is 5.69 Å². The minimum absolute atomic E-state index is 0.0594. The van der Waals surface area contributed by atoms with Crippen LogP contribution in [0.2, 0.25) is 0 Å². The van der Waals surface area contributed by atoms with Crippen molar-refractivity contribution in [3.05, 3.63) is 78.4 Å². The van der Waals surface area contributed by atoms with Gasteiger partial charge in [0.05, 0.1) is 28.9 Å². The number of nitrogens with one attached hydrogen (secondary N) is 1. The highest BCUT2D eigenvalue weighted by atomic mass is 32.2. The molecule has 0 aromatic heterocycles. The molecule has 0 aliphatic rings. The van der Waals surface area contributed by atoms with Gasteiger partial charge in [-0.05, 0) is 49.4 Å². The molecule has 3 aromatic carbocycles. The van der Waals surface area contributed by atoms with Crippen LogP contribution in [0.25, 0.3) is 0 Å². The normalized spacial score (nSPS) is 10.6. The van der Waals surface area contributed by atoms with E-state index in [-0.39, 0.29) is 34.2 Å². The van der Waals surface area contributed by atoms with Gasteiger partial charge in [0, 0.05) is 6.54 Å². The molecule has 192 valence electrons. The van der Waals surface area contributed by atoms with E-state index >= 15 is 0 Å². The van der Waals surface area contributed by atoms with Gasteiger partial charge in [0.2, 0.25) is 0 Å². The van der Waals surface area contributed by atoms with Gasteiger partial charge in [0.25, 0.3) is 15.9 Å². The summed E-state index contributed by atoms with van der Waals surface area (Å²) < 4.78 is 43.3. The third-order valence-corrected chi connectivity index (χ3v) is 6.98. The van der Waals surface area contributed by atoms with Crippen molar-refractivity contribution in [2.24, 2.45) is 0 Å². The molecular formula is C26H25N3O7S. The SMILES string of the molecule is CCN(c1ccccc1)S(=O)(=O)c1ccc(OC)c(NC(=O)COC(=O)COc2ccccc2C#N)c1. The van der Waals surface area contributed by atoms with Gasteiger partial charge >= 0.3 is 5.97 Å². The molecule has 0 atom stereocenters. The number of nitriles is 1. The lowest BCUT2D eigenvalue weighted by Gasteiger charge is -2.23. The number of hydrogen-bond donors (Lipinski definition) is 1. The average Bonchev–Trinajstić information content (AvgIpc) is 2.91. The Hall–Kier alpha value is -4.56. The number of methoxy groups -OCH3 is 1. The first kappa shape index (κ1) is 27.0. The molecule has 11 heteroatoms. The molecule has 1 N–H and O–H groups in total. The number of benzene rings is 3. The summed E-state index contributed by atoms with van der Waals surface area (Å²) in [6.45, 7) is 0.757. The molecule has 0 heterocycles. The fourth-order valence-corrected chi connectivity index (χ4v) is 4.85. The second-order valence-electron chi connectivity index (χ2n) is 7.47. The highest BCUT2D eigenvalue weighted by molar-refractivity contribution is 7.92. The van der Waals surface area contributed by atoms with Crippen LogP contribution in [0, 0.1) is 11.3 Å². The monoisotopic (exact) mass is 523 g/mol. The van der Waals surface area contributed by atoms with Gasteiger partial charge in [-0.3, -0.25) is 9.10 Å². The molecule has 3 aromatic rings. The maximum Gasteiger partial charge on any atom is 0.344 e. The fraction of sp³-hybridized carbons (Fsp3) is 0.192. The van der Waals surface area contributed by atoms with Crippen molar-refractivity contribution in [1.29, 1.82) is 5.26 Å². The van der Waals surface area contributed by atoms with Crippen LogP contribution < -0.4 is 19.1 Å². The highest BCUT2D eigenvalue weighted by Crippen LogP contribution is 2.30. The lowest BCUT2D eigenvalue weighted by Crippen LogP contribution is -2.31. The van der Waals surface area contributed by atoms with Crippen molar-refractivity contribution in [3.8, 4) is 17.6 Å². The van der Waals surface area contributed by atoms with Crippen LogP contribution in [0.1, 0.15) is 12.5 Å². The number of carbonyl (C=O) groups is 2. The zero-order chi connectivity index (χ0) is 26.8. The molecule has 1 amide bonds. The Morgan fingerprint density at radius 1 is 0.973 bits per heavy atom. The lowest BCUT2D eigenvalue weighted by molar-refractivity contribution is -0.149. The van der Waals surface area contributed by atoms with Crippen LogP contribution in [0.3, 0.4) is 0 Å². The van der Waals surface area contributed by atoms with Crippen LogP contribution in [0.15, 0.2) is 77.7 Å². The standard InChI is InChI=1S/C26H25N3O7S/c1-3-29(20-10-5-4-6-11-20)37(32,33)21-13-14-24(34-2)22(15-21)28-25(30)17-36-26(31)18-35-23-12-8-7-9-19(23)16-27/h4-15H,3,17-18H2,1-2H3,(H,28,30). The number of carbonyl (C=O) groups excluding carboxylic acids is 2. The number of rotatable bonds is 11. The fourth-order valence-electron chi connectivity index (χ4n) is 3.35. The van der Waals surface area contributed by atoms with E-state index in [0.717, 1.165) is 0 Å². The summed E-state index contributed by atoms with van der Waals surface area (Å²) in [5.41, 5.74) is 0.842. The predicted octanol–water partition coefficient (Wildman–Crippen LogP) is 3.34. The number of para-hydroxylation sites is 2. The van der Waals surface area contributed by atoms with Gasteiger partial charge < -0.3 is 19.5 Å². The quantitative estimate of drug-likeness (QED) is 0.378. The molecule has 0 aliphatic carbocycles. The van der Waals surface area contributed by atoms with Crippen molar-refractivity contribution < 1.29 is 32.2 Å². The summed E-state index contributed by atoms with van der Waals surface area (Å²) in [5.74, 6) is -1.11. The minimum atomic E-state index is -3.95. The van der Waals surface area contributed by atoms with E-state index in [2.05, 4.69) is 5.32 Å². The van der Waals surface area contributed by atoms with Gasteiger partial charge in [-0.15, -0.1) is 0 Å². The maximum atomic E-state index is 13.3. The number of sulfonamides is 1. The van der Waals surface area contributed by atoms with Crippen molar-refractivity contribution in [3.63, 3.8) is 0 Å². The summed E-state index contributed by atoms with van der Waals surface area (Å²) in [6.07, 6.45) is 0. The van der Waals surface area contributed by atoms with Crippen LogP contribution in [0.4, 0.5) is 11.4 Å². The minimum Gasteiger partial charge on any atom is -0.495 e. The summed E-state index contributed by atoms with van der Waals surface area (Å²) in [6, 6.07) is 21.0. The number of esters is 1. The molecule has 0 aliphatic heterocycles. The summed E-state index contributed by atoms with van der Waals surface area (Å²) in [5, 5.41) is 11.6. The van der Waals surface area contributed by atoms with E-state index in [1.54, 1.807) is 49.4 Å². The van der Waals surface area contributed by atoms with Crippen molar-refractivity contribution in [1.82, 2.24) is 0 Å². The average molecular weight is 524 g/mol. The largest absolute Gasteiger partial charge is 0.495 e. The lowest BCUT2D eigenvalue weighted by atomic mass is 10.2. The van der Waals surface area contributed by atoms with Gasteiger partial charge in [0.1, 0.15) is 17.6 Å². The molecule has 10 nitrogen and oxygen atoms in total. The summed E-state index contributed by atoms with van der Waals surface area (Å²) in [7, 11) is -2.58. The second-order valence-corrected chi connectivity index (χ2v) is 9.34. The number of hydrogen-bond acceptors (Lipinski definition) is 8. The summed E-state index contributed by atoms with van der Waals surface area (Å²) >= 11 is 0. The number of anilines is 2. The van der Waals surface area contributed by atoms with Gasteiger partial charge in [-0.1, -0.05) is 30.3 Å². The maximum absolute atomic E-state index is 13.3. The van der Waals surface area contributed by atoms with Crippen LogP contribution in [-0.2, 0) is 24.3 Å². The second kappa shape index (κ2) is 12.4. The van der Waals surface area contributed by atoms with E-state index in [4.69, 9.17) is 19.5 Å².